The van der Waals surface area contributed by atoms with Crippen LogP contribution < -0.4 is 16.4 Å². The van der Waals surface area contributed by atoms with Gasteiger partial charge in [-0.1, -0.05) is 29.3 Å². The van der Waals surface area contributed by atoms with Gasteiger partial charge in [-0.2, -0.15) is 15.0 Å². The van der Waals surface area contributed by atoms with Crippen molar-refractivity contribution in [1.29, 1.82) is 0 Å². The van der Waals surface area contributed by atoms with Gasteiger partial charge in [0.2, 0.25) is 11.9 Å². The van der Waals surface area contributed by atoms with Gasteiger partial charge in [-0.05, 0) is 50.2 Å². The Morgan fingerprint density at radius 2 is 1.87 bits per heavy atom. The van der Waals surface area contributed by atoms with E-state index >= 15 is 0 Å². The first-order chi connectivity index (χ1) is 14.8. The summed E-state index contributed by atoms with van der Waals surface area (Å²) in [4.78, 5) is 36.7. The predicted molar refractivity (Wildman–Crippen MR) is 117 cm³/mol. The smallest absolute Gasteiger partial charge is 0.328 e. The quantitative estimate of drug-likeness (QED) is 0.477. The lowest BCUT2D eigenvalue weighted by Gasteiger charge is -2.14. The number of nitrogen functional groups attached to an aromatic ring is 1. The molecule has 0 saturated heterocycles. The molecule has 3 aromatic rings. The monoisotopic (exact) mass is 440 g/mol. The van der Waals surface area contributed by atoms with Crippen LogP contribution in [0, 0.1) is 6.92 Å². The number of aromatic nitrogens is 3. The Balaban J connectivity index is 1.58. The number of anilines is 3. The third-order valence-electron chi connectivity index (χ3n) is 4.12. The lowest BCUT2D eigenvalue weighted by molar-refractivity contribution is -0.147. The van der Waals surface area contributed by atoms with Crippen LogP contribution in [0.4, 0.5) is 17.6 Å². The molecule has 0 fully saturated rings. The number of esters is 1. The minimum atomic E-state index is -0.862. The van der Waals surface area contributed by atoms with Gasteiger partial charge in [0.1, 0.15) is 6.04 Å². The first-order valence-electron chi connectivity index (χ1n) is 9.37. The van der Waals surface area contributed by atoms with Crippen LogP contribution in [0.1, 0.15) is 28.7 Å². The van der Waals surface area contributed by atoms with Crippen LogP contribution in [-0.4, -0.2) is 32.9 Å². The summed E-state index contributed by atoms with van der Waals surface area (Å²) in [5.41, 5.74) is 7.83. The fourth-order valence-corrected chi connectivity index (χ4v) is 2.73. The number of benzene rings is 2. The number of rotatable bonds is 7. The number of nitrogens with zero attached hydrogens (tertiary/aromatic N) is 3. The second-order valence-corrected chi connectivity index (χ2v) is 7.17. The highest BCUT2D eigenvalue weighted by Crippen LogP contribution is 2.17. The molecule has 10 heteroatoms. The number of nitrogens with two attached hydrogens (primary N) is 1. The van der Waals surface area contributed by atoms with E-state index < -0.39 is 12.0 Å². The number of amides is 1. The van der Waals surface area contributed by atoms with Gasteiger partial charge in [0.15, 0.2) is 12.4 Å². The van der Waals surface area contributed by atoms with E-state index in [1.165, 1.54) is 6.92 Å². The first kappa shape index (κ1) is 22.0. The highest BCUT2D eigenvalue weighted by Gasteiger charge is 2.19. The summed E-state index contributed by atoms with van der Waals surface area (Å²) >= 11 is 5.87. The van der Waals surface area contributed by atoms with Crippen molar-refractivity contribution in [3.63, 3.8) is 0 Å². The van der Waals surface area contributed by atoms with Crippen LogP contribution >= 0.6 is 11.6 Å². The second kappa shape index (κ2) is 9.86. The van der Waals surface area contributed by atoms with Crippen LogP contribution in [0.25, 0.3) is 0 Å². The minimum Gasteiger partial charge on any atom is -0.456 e. The average Bonchev–Trinajstić information content (AvgIpc) is 2.73. The molecule has 0 spiro atoms. The number of carbonyl (C=O) groups excluding carboxylic acids is 2. The van der Waals surface area contributed by atoms with Crippen LogP contribution in [0.5, 0.6) is 0 Å². The molecule has 0 radical (unpaired) electrons. The number of hydrogen-bond donors (Lipinski definition) is 3. The van der Waals surface area contributed by atoms with Crippen LogP contribution in [-0.2, 0) is 16.1 Å². The molecule has 1 unspecified atom stereocenters. The summed E-state index contributed by atoms with van der Waals surface area (Å²) in [6.07, 6.45) is 0. The van der Waals surface area contributed by atoms with Crippen LogP contribution in [0.2, 0.25) is 5.02 Å². The Morgan fingerprint density at radius 1 is 1.13 bits per heavy atom. The van der Waals surface area contributed by atoms with E-state index in [1.807, 2.05) is 13.0 Å². The molecule has 160 valence electrons. The largest absolute Gasteiger partial charge is 0.456 e. The van der Waals surface area contributed by atoms with Gasteiger partial charge < -0.3 is 21.1 Å². The minimum absolute atomic E-state index is 0.0293. The molecule has 0 bridgehead atoms. The molecule has 1 atom stereocenters. The molecule has 4 N–H and O–H groups in total. The Hall–Kier alpha value is -3.72. The van der Waals surface area contributed by atoms with E-state index in [4.69, 9.17) is 22.1 Å². The summed E-state index contributed by atoms with van der Waals surface area (Å²) in [5, 5.41) is 6.17. The number of halogens is 1. The predicted octanol–water partition coefficient (Wildman–Crippen LogP) is 3.02. The first-order valence-corrected chi connectivity index (χ1v) is 9.75. The summed E-state index contributed by atoms with van der Waals surface area (Å²) in [5.74, 6) is -0.672. The lowest BCUT2D eigenvalue weighted by Crippen LogP contribution is -2.39. The maximum atomic E-state index is 12.3. The summed E-state index contributed by atoms with van der Waals surface area (Å²) in [6, 6.07) is 13.1. The van der Waals surface area contributed by atoms with Crippen LogP contribution in [0.3, 0.4) is 0 Å². The van der Waals surface area contributed by atoms with Crippen molar-refractivity contribution in [2.75, 3.05) is 11.1 Å². The lowest BCUT2D eigenvalue weighted by atomic mass is 10.1. The van der Waals surface area contributed by atoms with Crippen molar-refractivity contribution in [2.24, 2.45) is 0 Å². The topological polar surface area (TPSA) is 132 Å². The Morgan fingerprint density at radius 3 is 2.58 bits per heavy atom. The highest BCUT2D eigenvalue weighted by molar-refractivity contribution is 6.30. The van der Waals surface area contributed by atoms with E-state index in [9.17, 15) is 9.59 Å². The zero-order valence-corrected chi connectivity index (χ0v) is 17.7. The van der Waals surface area contributed by atoms with Gasteiger partial charge in [0, 0.05) is 16.3 Å². The summed E-state index contributed by atoms with van der Waals surface area (Å²) in [7, 11) is 0. The number of carbonyl (C=O) groups is 2. The van der Waals surface area contributed by atoms with Gasteiger partial charge in [0.05, 0.1) is 0 Å². The van der Waals surface area contributed by atoms with Crippen molar-refractivity contribution in [1.82, 2.24) is 20.3 Å². The third-order valence-corrected chi connectivity index (χ3v) is 4.38. The van der Waals surface area contributed by atoms with Crippen molar-refractivity contribution < 1.29 is 14.3 Å². The maximum Gasteiger partial charge on any atom is 0.328 e. The van der Waals surface area contributed by atoms with Crippen molar-refractivity contribution >= 4 is 41.1 Å². The zero-order chi connectivity index (χ0) is 22.4. The average molecular weight is 441 g/mol. The molecule has 31 heavy (non-hydrogen) atoms. The number of nitrogens with one attached hydrogen (secondary N) is 2. The second-order valence-electron chi connectivity index (χ2n) is 6.74. The van der Waals surface area contributed by atoms with E-state index in [1.54, 1.807) is 42.5 Å². The van der Waals surface area contributed by atoms with Gasteiger partial charge in [0.25, 0.3) is 5.91 Å². The Labute approximate surface area is 184 Å². The molecule has 2 aromatic carbocycles. The van der Waals surface area contributed by atoms with Gasteiger partial charge in [-0.15, -0.1) is 0 Å². The van der Waals surface area contributed by atoms with E-state index in [2.05, 4.69) is 25.6 Å². The molecule has 0 aliphatic carbocycles. The van der Waals surface area contributed by atoms with Gasteiger partial charge in [-0.25, -0.2) is 4.79 Å². The number of aryl methyl sites for hydroxylation is 1. The number of hydrogen-bond acceptors (Lipinski definition) is 8. The normalized spacial score (nSPS) is 11.5. The molecular weight excluding hydrogens is 420 g/mol. The molecule has 0 saturated carbocycles. The molecule has 0 aliphatic heterocycles. The summed E-state index contributed by atoms with van der Waals surface area (Å²) < 4.78 is 5.22. The van der Waals surface area contributed by atoms with Gasteiger partial charge >= 0.3 is 5.97 Å². The van der Waals surface area contributed by atoms with Crippen molar-refractivity contribution in [2.45, 2.75) is 26.5 Å². The van der Waals surface area contributed by atoms with E-state index in [0.717, 1.165) is 5.56 Å². The van der Waals surface area contributed by atoms with Crippen molar-refractivity contribution in [3.8, 4) is 0 Å². The van der Waals surface area contributed by atoms with E-state index in [0.29, 0.717) is 16.3 Å². The SMILES string of the molecule is Cc1cccc(C(=O)NC(C)C(=O)OCc2nc(N)nc(Nc3ccc(Cl)cc3)n2)c1. The van der Waals surface area contributed by atoms with Crippen molar-refractivity contribution in [3.05, 3.63) is 70.5 Å². The molecule has 3 rings (SSSR count). The third kappa shape index (κ3) is 6.38. The van der Waals surface area contributed by atoms with Crippen LogP contribution in [0.15, 0.2) is 48.5 Å². The Kier molecular flexibility index (Phi) is 6.99. The number of ether oxygens (including phenoxy) is 1. The fourth-order valence-electron chi connectivity index (χ4n) is 2.61. The summed E-state index contributed by atoms with van der Waals surface area (Å²) in [6.45, 7) is 3.18. The highest BCUT2D eigenvalue weighted by atomic mass is 35.5. The molecular formula is C21H21ClN6O3. The molecule has 1 aromatic heterocycles. The van der Waals surface area contributed by atoms with Gasteiger partial charge in [-0.3, -0.25) is 4.79 Å². The molecule has 0 aliphatic rings. The molecule has 1 heterocycles. The fraction of sp³-hybridized carbons (Fsp3) is 0.190. The zero-order valence-electron chi connectivity index (χ0n) is 16.9. The molecule has 9 nitrogen and oxygen atoms in total. The maximum absolute atomic E-state index is 12.3. The standard InChI is InChI=1S/C21H21ClN6O3/c1-12-4-3-5-14(10-12)18(29)24-13(2)19(30)31-11-17-26-20(23)28-21(27-17)25-16-8-6-15(22)7-9-16/h3-10,13H,11H2,1-2H3,(H,24,29)(H3,23,25,26,27,28). The van der Waals surface area contributed by atoms with E-state index in [-0.39, 0.29) is 30.2 Å². The Bertz CT molecular complexity index is 1090. The molecule has 1 amide bonds.